The van der Waals surface area contributed by atoms with Gasteiger partial charge in [0.15, 0.2) is 6.61 Å². The lowest BCUT2D eigenvalue weighted by Crippen LogP contribution is -2.13. The van der Waals surface area contributed by atoms with Gasteiger partial charge in [-0.15, -0.1) is 6.42 Å². The second kappa shape index (κ2) is 9.46. The van der Waals surface area contributed by atoms with Gasteiger partial charge in [-0.25, -0.2) is 0 Å². The number of hydrogen-bond donors (Lipinski definition) is 0. The highest BCUT2D eigenvalue weighted by molar-refractivity contribution is 6.47. The molecule has 2 rings (SSSR count). The molecule has 146 valence electrons. The molecular formula is C20H17F3N2O3. The Balaban J connectivity index is 2.19. The topological polar surface area (TPSA) is 52.4 Å². The molecule has 0 heterocycles. The zero-order valence-electron chi connectivity index (χ0n) is 15.2. The predicted molar refractivity (Wildman–Crippen MR) is 99.4 cm³/mol. The Bertz CT molecular complexity index is 898. The van der Waals surface area contributed by atoms with E-state index in [0.717, 1.165) is 12.1 Å². The SMILES string of the molecule is C#CCO/N=C(C)/C(=N\OC)c1ccc(Oc2cccc(C(F)(F)F)c2)cc1. The Hall–Kier alpha value is -3.47. The van der Waals surface area contributed by atoms with E-state index in [1.807, 2.05) is 0 Å². The summed E-state index contributed by atoms with van der Waals surface area (Å²) in [7, 11) is 1.39. The smallest absolute Gasteiger partial charge is 0.416 e. The van der Waals surface area contributed by atoms with E-state index in [1.54, 1.807) is 31.2 Å². The van der Waals surface area contributed by atoms with Gasteiger partial charge < -0.3 is 14.4 Å². The number of alkyl halides is 3. The van der Waals surface area contributed by atoms with Crippen LogP contribution in [0.1, 0.15) is 18.1 Å². The first-order chi connectivity index (χ1) is 13.3. The van der Waals surface area contributed by atoms with Gasteiger partial charge >= 0.3 is 6.18 Å². The predicted octanol–water partition coefficient (Wildman–Crippen LogP) is 4.87. The highest BCUT2D eigenvalue weighted by Crippen LogP contribution is 2.32. The minimum Gasteiger partial charge on any atom is -0.457 e. The molecule has 0 aromatic heterocycles. The molecule has 0 aliphatic carbocycles. The lowest BCUT2D eigenvalue weighted by atomic mass is 10.1. The zero-order valence-corrected chi connectivity index (χ0v) is 15.2. The van der Waals surface area contributed by atoms with Crippen LogP contribution in [0.15, 0.2) is 58.8 Å². The molecule has 0 radical (unpaired) electrons. The molecule has 28 heavy (non-hydrogen) atoms. The number of terminal acetylenes is 1. The van der Waals surface area contributed by atoms with Gasteiger partial charge in [0.25, 0.3) is 0 Å². The fourth-order valence-corrected chi connectivity index (χ4v) is 2.18. The molecule has 0 N–H and O–H groups in total. The summed E-state index contributed by atoms with van der Waals surface area (Å²) in [5, 5.41) is 7.77. The van der Waals surface area contributed by atoms with Crippen molar-refractivity contribution in [3.8, 4) is 23.8 Å². The average Bonchev–Trinajstić information content (AvgIpc) is 2.66. The third-order valence-electron chi connectivity index (χ3n) is 3.40. The standard InChI is InChI=1S/C20H17F3N2O3/c1-4-12-27-24-14(2)19(25-26-3)15-8-10-17(11-9-15)28-18-7-5-6-16(13-18)20(21,22)23/h1,5-11,13H,12H2,2-3H3/b24-14+,25-19+. The van der Waals surface area contributed by atoms with E-state index >= 15 is 0 Å². The van der Waals surface area contributed by atoms with Crippen molar-refractivity contribution in [1.29, 1.82) is 0 Å². The van der Waals surface area contributed by atoms with Crippen molar-refractivity contribution in [2.75, 3.05) is 13.7 Å². The molecule has 2 aromatic rings. The largest absolute Gasteiger partial charge is 0.457 e. The van der Waals surface area contributed by atoms with Crippen LogP contribution in [0.3, 0.4) is 0 Å². The number of nitrogens with zero attached hydrogens (tertiary/aromatic N) is 2. The average molecular weight is 390 g/mol. The Morgan fingerprint density at radius 3 is 2.39 bits per heavy atom. The van der Waals surface area contributed by atoms with Gasteiger partial charge in [0.2, 0.25) is 0 Å². The molecule has 0 aliphatic heterocycles. The maximum atomic E-state index is 12.8. The molecular weight excluding hydrogens is 373 g/mol. The summed E-state index contributed by atoms with van der Waals surface area (Å²) in [6.45, 7) is 1.68. The Kier molecular flexibility index (Phi) is 7.04. The maximum absolute atomic E-state index is 12.8. The van der Waals surface area contributed by atoms with Crippen molar-refractivity contribution in [3.63, 3.8) is 0 Å². The molecule has 8 heteroatoms. The number of hydrogen-bond acceptors (Lipinski definition) is 5. The van der Waals surface area contributed by atoms with Crippen LogP contribution in [-0.2, 0) is 15.9 Å². The van der Waals surface area contributed by atoms with Crippen molar-refractivity contribution < 1.29 is 27.6 Å². The molecule has 0 fully saturated rings. The maximum Gasteiger partial charge on any atom is 0.416 e. The second-order valence-corrected chi connectivity index (χ2v) is 5.43. The van der Waals surface area contributed by atoms with E-state index in [2.05, 4.69) is 16.2 Å². The van der Waals surface area contributed by atoms with Gasteiger partial charge in [-0.1, -0.05) is 22.3 Å². The summed E-state index contributed by atoms with van der Waals surface area (Å²) < 4.78 is 43.9. The molecule has 0 saturated heterocycles. The van der Waals surface area contributed by atoms with Gasteiger partial charge in [-0.2, -0.15) is 13.2 Å². The number of benzene rings is 2. The lowest BCUT2D eigenvalue weighted by molar-refractivity contribution is -0.137. The fraction of sp³-hybridized carbons (Fsp3) is 0.200. The van der Waals surface area contributed by atoms with Crippen molar-refractivity contribution in [2.45, 2.75) is 13.1 Å². The van der Waals surface area contributed by atoms with Crippen LogP contribution in [0, 0.1) is 12.3 Å². The van der Waals surface area contributed by atoms with Crippen LogP contribution in [0.2, 0.25) is 0 Å². The van der Waals surface area contributed by atoms with E-state index in [-0.39, 0.29) is 12.4 Å². The van der Waals surface area contributed by atoms with Gasteiger partial charge in [-0.3, -0.25) is 0 Å². The monoisotopic (exact) mass is 390 g/mol. The van der Waals surface area contributed by atoms with E-state index in [0.29, 0.717) is 22.7 Å². The highest BCUT2D eigenvalue weighted by Gasteiger charge is 2.30. The number of rotatable bonds is 7. The lowest BCUT2D eigenvalue weighted by Gasteiger charge is -2.11. The molecule has 5 nitrogen and oxygen atoms in total. The first-order valence-corrected chi connectivity index (χ1v) is 8.02. The van der Waals surface area contributed by atoms with Crippen molar-refractivity contribution in [2.24, 2.45) is 10.3 Å². The van der Waals surface area contributed by atoms with Crippen LogP contribution < -0.4 is 4.74 Å². The van der Waals surface area contributed by atoms with E-state index in [9.17, 15) is 13.2 Å². The van der Waals surface area contributed by atoms with E-state index in [1.165, 1.54) is 19.2 Å². The van der Waals surface area contributed by atoms with Gasteiger partial charge in [-0.05, 0) is 49.4 Å². The Labute approximate surface area is 160 Å². The van der Waals surface area contributed by atoms with Crippen LogP contribution in [0.4, 0.5) is 13.2 Å². The first kappa shape index (κ1) is 20.8. The van der Waals surface area contributed by atoms with Crippen LogP contribution >= 0.6 is 0 Å². The Morgan fingerprint density at radius 2 is 1.79 bits per heavy atom. The molecule has 0 aliphatic rings. The second-order valence-electron chi connectivity index (χ2n) is 5.43. The quantitative estimate of drug-likeness (QED) is 0.293. The first-order valence-electron chi connectivity index (χ1n) is 8.02. The number of ether oxygens (including phenoxy) is 1. The van der Waals surface area contributed by atoms with E-state index in [4.69, 9.17) is 20.8 Å². The highest BCUT2D eigenvalue weighted by atomic mass is 19.4. The number of halogens is 3. The minimum atomic E-state index is -4.44. The van der Waals surface area contributed by atoms with Gasteiger partial charge in [0, 0.05) is 5.56 Å². The Morgan fingerprint density at radius 1 is 1.07 bits per heavy atom. The van der Waals surface area contributed by atoms with Crippen molar-refractivity contribution in [1.82, 2.24) is 0 Å². The fourth-order valence-electron chi connectivity index (χ4n) is 2.18. The summed E-state index contributed by atoms with van der Waals surface area (Å²) >= 11 is 0. The minimum absolute atomic E-state index is 0.0152. The molecule has 0 amide bonds. The molecule has 0 unspecified atom stereocenters. The van der Waals surface area contributed by atoms with Crippen LogP contribution in [-0.4, -0.2) is 25.1 Å². The van der Waals surface area contributed by atoms with Crippen molar-refractivity contribution >= 4 is 11.4 Å². The summed E-state index contributed by atoms with van der Waals surface area (Å²) in [6.07, 6.45) is 0.661. The molecule has 2 aromatic carbocycles. The molecule has 0 bridgehead atoms. The van der Waals surface area contributed by atoms with Gasteiger partial charge in [0.1, 0.15) is 30.0 Å². The molecule has 0 spiro atoms. The molecule has 0 atom stereocenters. The number of oxime groups is 2. The van der Waals surface area contributed by atoms with Crippen LogP contribution in [0.25, 0.3) is 0 Å². The summed E-state index contributed by atoms with van der Waals surface area (Å²) in [6, 6.07) is 11.2. The summed E-state index contributed by atoms with van der Waals surface area (Å²) in [4.78, 5) is 9.76. The van der Waals surface area contributed by atoms with Crippen molar-refractivity contribution in [3.05, 3.63) is 59.7 Å². The molecule has 0 saturated carbocycles. The summed E-state index contributed by atoms with van der Waals surface area (Å²) in [5.41, 5.74) is 0.701. The summed E-state index contributed by atoms with van der Waals surface area (Å²) in [5.74, 6) is 2.73. The normalized spacial score (nSPS) is 12.3. The van der Waals surface area contributed by atoms with Gasteiger partial charge in [0.05, 0.1) is 5.56 Å². The third kappa shape index (κ3) is 5.77. The zero-order chi connectivity index (χ0) is 20.6. The van der Waals surface area contributed by atoms with Crippen LogP contribution in [0.5, 0.6) is 11.5 Å². The van der Waals surface area contributed by atoms with E-state index < -0.39 is 11.7 Å². The third-order valence-corrected chi connectivity index (χ3v) is 3.40.